The number of carbonyl (C=O) groups excluding carboxylic acids is 2. The number of nitrogens with one attached hydrogen (secondary N) is 1. The maximum Gasteiger partial charge on any atom is 0.247 e. The second-order valence-corrected chi connectivity index (χ2v) is 5.84. The topological polar surface area (TPSA) is 75.4 Å². The van der Waals surface area contributed by atoms with Crippen LogP contribution in [0.2, 0.25) is 0 Å². The average molecular weight is 341 g/mol. The molecule has 6 nitrogen and oxygen atoms in total. The Kier molecular flexibility index (Phi) is 6.51. The van der Waals surface area contributed by atoms with E-state index >= 15 is 0 Å². The zero-order chi connectivity index (χ0) is 18.2. The van der Waals surface area contributed by atoms with Gasteiger partial charge in [0.1, 0.15) is 12.3 Å². The molecule has 132 valence electrons. The standard InChI is InChI=1S/C19H23N3O3/c1-4-14(2)22(13-18(23)20-17-12-15(3)25-21-17)19(24)11-10-16-8-6-5-7-9-16/h5-12,14H,4,13H2,1-3H3,(H,20,21,23)/b11-10+. The molecule has 1 N–H and O–H groups in total. The third kappa shape index (κ3) is 5.60. The number of amides is 2. The Morgan fingerprint density at radius 3 is 2.64 bits per heavy atom. The molecule has 2 aromatic rings. The summed E-state index contributed by atoms with van der Waals surface area (Å²) in [7, 11) is 0. The number of benzene rings is 1. The van der Waals surface area contributed by atoms with Gasteiger partial charge in [0.15, 0.2) is 5.82 Å². The van der Waals surface area contributed by atoms with Crippen molar-refractivity contribution in [1.82, 2.24) is 10.1 Å². The van der Waals surface area contributed by atoms with Crippen LogP contribution in [0.4, 0.5) is 5.82 Å². The van der Waals surface area contributed by atoms with Crippen LogP contribution in [0.3, 0.4) is 0 Å². The normalized spacial score (nSPS) is 12.1. The lowest BCUT2D eigenvalue weighted by Gasteiger charge is -2.26. The van der Waals surface area contributed by atoms with Crippen molar-refractivity contribution < 1.29 is 14.1 Å². The lowest BCUT2D eigenvalue weighted by atomic mass is 10.2. The quantitative estimate of drug-likeness (QED) is 0.784. The molecule has 0 saturated carbocycles. The van der Waals surface area contributed by atoms with Crippen LogP contribution in [0.5, 0.6) is 0 Å². The lowest BCUT2D eigenvalue weighted by Crippen LogP contribution is -2.42. The number of aromatic nitrogens is 1. The zero-order valence-electron chi connectivity index (χ0n) is 14.7. The van der Waals surface area contributed by atoms with Gasteiger partial charge in [0.05, 0.1) is 0 Å². The largest absolute Gasteiger partial charge is 0.360 e. The molecule has 0 saturated heterocycles. The van der Waals surface area contributed by atoms with Crippen LogP contribution in [0.25, 0.3) is 6.08 Å². The van der Waals surface area contributed by atoms with Crippen molar-refractivity contribution in [3.05, 3.63) is 53.8 Å². The third-order valence-corrected chi connectivity index (χ3v) is 3.83. The molecule has 1 unspecified atom stereocenters. The molecule has 0 radical (unpaired) electrons. The SMILES string of the molecule is CCC(C)N(CC(=O)Nc1cc(C)on1)C(=O)/C=C/c1ccccc1. The monoisotopic (exact) mass is 341 g/mol. The minimum Gasteiger partial charge on any atom is -0.360 e. The van der Waals surface area contributed by atoms with Gasteiger partial charge in [0, 0.05) is 18.2 Å². The number of aryl methyl sites for hydroxylation is 1. The van der Waals surface area contributed by atoms with E-state index in [-0.39, 0.29) is 24.4 Å². The fourth-order valence-electron chi connectivity index (χ4n) is 2.26. The molecule has 1 aromatic heterocycles. The van der Waals surface area contributed by atoms with Crippen molar-refractivity contribution in [3.63, 3.8) is 0 Å². The predicted molar refractivity (Wildman–Crippen MR) is 96.8 cm³/mol. The molecule has 1 heterocycles. The molecule has 0 bridgehead atoms. The summed E-state index contributed by atoms with van der Waals surface area (Å²) >= 11 is 0. The van der Waals surface area contributed by atoms with E-state index < -0.39 is 0 Å². The second kappa shape index (κ2) is 8.82. The first-order chi connectivity index (χ1) is 12.0. The molecule has 1 aromatic carbocycles. The van der Waals surface area contributed by atoms with Crippen LogP contribution in [0.1, 0.15) is 31.6 Å². The van der Waals surface area contributed by atoms with Crippen LogP contribution in [-0.4, -0.2) is 34.5 Å². The fourth-order valence-corrected chi connectivity index (χ4v) is 2.26. The summed E-state index contributed by atoms with van der Waals surface area (Å²) in [6.07, 6.45) is 3.99. The van der Waals surface area contributed by atoms with Crippen LogP contribution >= 0.6 is 0 Å². The van der Waals surface area contributed by atoms with Crippen molar-refractivity contribution in [2.45, 2.75) is 33.2 Å². The molecular weight excluding hydrogens is 318 g/mol. The Morgan fingerprint density at radius 2 is 2.04 bits per heavy atom. The Labute approximate surface area is 147 Å². The smallest absolute Gasteiger partial charge is 0.247 e. The molecule has 0 spiro atoms. The first-order valence-electron chi connectivity index (χ1n) is 8.26. The molecule has 2 rings (SSSR count). The van der Waals surface area contributed by atoms with Crippen molar-refractivity contribution in [1.29, 1.82) is 0 Å². The Morgan fingerprint density at radius 1 is 1.32 bits per heavy atom. The van der Waals surface area contributed by atoms with Crippen LogP contribution in [0.15, 0.2) is 47.0 Å². The van der Waals surface area contributed by atoms with Gasteiger partial charge in [-0.25, -0.2) is 0 Å². The molecule has 2 amide bonds. The molecule has 0 aliphatic rings. The third-order valence-electron chi connectivity index (χ3n) is 3.83. The Hall–Kier alpha value is -2.89. The molecule has 0 aliphatic carbocycles. The van der Waals surface area contributed by atoms with Crippen LogP contribution in [0, 0.1) is 6.92 Å². The van der Waals surface area contributed by atoms with Crippen LogP contribution in [-0.2, 0) is 9.59 Å². The highest BCUT2D eigenvalue weighted by Gasteiger charge is 2.20. The highest BCUT2D eigenvalue weighted by Crippen LogP contribution is 2.10. The lowest BCUT2D eigenvalue weighted by molar-refractivity contribution is -0.132. The van der Waals surface area contributed by atoms with Crippen molar-refractivity contribution in [2.75, 3.05) is 11.9 Å². The van der Waals surface area contributed by atoms with E-state index in [0.29, 0.717) is 11.6 Å². The fraction of sp³-hybridized carbons (Fsp3) is 0.316. The van der Waals surface area contributed by atoms with Gasteiger partial charge in [-0.2, -0.15) is 0 Å². The minimum absolute atomic E-state index is 0.0428. The molecule has 0 aliphatic heterocycles. The Bertz CT molecular complexity index is 737. The van der Waals surface area contributed by atoms with E-state index in [0.717, 1.165) is 12.0 Å². The summed E-state index contributed by atoms with van der Waals surface area (Å²) in [5.41, 5.74) is 0.933. The summed E-state index contributed by atoms with van der Waals surface area (Å²) < 4.78 is 4.92. The van der Waals surface area contributed by atoms with Crippen molar-refractivity contribution in [2.24, 2.45) is 0 Å². The van der Waals surface area contributed by atoms with Gasteiger partial charge in [-0.15, -0.1) is 0 Å². The van der Waals surface area contributed by atoms with E-state index in [4.69, 9.17) is 4.52 Å². The first-order valence-corrected chi connectivity index (χ1v) is 8.26. The molecule has 6 heteroatoms. The van der Waals surface area contributed by atoms with Gasteiger partial charge in [-0.3, -0.25) is 9.59 Å². The molecular formula is C19H23N3O3. The molecule has 0 fully saturated rings. The van der Waals surface area contributed by atoms with Gasteiger partial charge in [-0.1, -0.05) is 42.4 Å². The predicted octanol–water partition coefficient (Wildman–Crippen LogP) is 3.26. The van der Waals surface area contributed by atoms with Gasteiger partial charge >= 0.3 is 0 Å². The van der Waals surface area contributed by atoms with E-state index in [2.05, 4.69) is 10.5 Å². The summed E-state index contributed by atoms with van der Waals surface area (Å²) in [5, 5.41) is 6.36. The van der Waals surface area contributed by atoms with Gasteiger partial charge in [0.2, 0.25) is 11.8 Å². The number of hydrogen-bond donors (Lipinski definition) is 1. The highest BCUT2D eigenvalue weighted by molar-refractivity contribution is 5.97. The number of carbonyl (C=O) groups is 2. The van der Waals surface area contributed by atoms with E-state index in [1.165, 1.54) is 6.08 Å². The van der Waals surface area contributed by atoms with E-state index in [1.807, 2.05) is 44.2 Å². The van der Waals surface area contributed by atoms with Crippen molar-refractivity contribution >= 4 is 23.7 Å². The highest BCUT2D eigenvalue weighted by atomic mass is 16.5. The average Bonchev–Trinajstić information content (AvgIpc) is 3.02. The van der Waals surface area contributed by atoms with Gasteiger partial charge < -0.3 is 14.7 Å². The van der Waals surface area contributed by atoms with E-state index in [1.54, 1.807) is 24.0 Å². The zero-order valence-corrected chi connectivity index (χ0v) is 14.7. The summed E-state index contributed by atoms with van der Waals surface area (Å²) in [6.45, 7) is 5.59. The summed E-state index contributed by atoms with van der Waals surface area (Å²) in [4.78, 5) is 26.3. The maximum absolute atomic E-state index is 12.5. The molecule has 1 atom stereocenters. The number of rotatable bonds is 7. The first kappa shape index (κ1) is 18.4. The number of nitrogens with zero attached hydrogens (tertiary/aromatic N) is 2. The number of hydrogen-bond acceptors (Lipinski definition) is 4. The van der Waals surface area contributed by atoms with Gasteiger partial charge in [-0.05, 0) is 31.9 Å². The van der Waals surface area contributed by atoms with Gasteiger partial charge in [0.25, 0.3) is 0 Å². The van der Waals surface area contributed by atoms with Crippen LogP contribution < -0.4 is 5.32 Å². The summed E-state index contributed by atoms with van der Waals surface area (Å²) in [5.74, 6) is 0.439. The number of anilines is 1. The summed E-state index contributed by atoms with van der Waals surface area (Å²) in [6, 6.07) is 11.1. The molecule has 25 heavy (non-hydrogen) atoms. The van der Waals surface area contributed by atoms with Crippen molar-refractivity contribution in [3.8, 4) is 0 Å². The Balaban J connectivity index is 2.03. The van der Waals surface area contributed by atoms with E-state index in [9.17, 15) is 9.59 Å². The second-order valence-electron chi connectivity index (χ2n) is 5.84. The maximum atomic E-state index is 12.5. The minimum atomic E-state index is -0.310.